The molecule has 10 heavy (non-hydrogen) atoms. The highest BCUT2D eigenvalue weighted by Gasteiger charge is 2.35. The van der Waals surface area contributed by atoms with Gasteiger partial charge in [-0.15, -0.1) is 0 Å². The second-order valence-electron chi connectivity index (χ2n) is 2.06. The molecule has 58 valence electrons. The highest BCUT2D eigenvalue weighted by Crippen LogP contribution is 1.98. The summed E-state index contributed by atoms with van der Waals surface area (Å²) >= 11 is 0. The van der Waals surface area contributed by atoms with Crippen molar-refractivity contribution in [2.75, 3.05) is 7.11 Å². The van der Waals surface area contributed by atoms with Gasteiger partial charge in [0.25, 0.3) is 0 Å². The molecule has 0 aromatic rings. The van der Waals surface area contributed by atoms with Crippen molar-refractivity contribution in [1.82, 2.24) is 0 Å². The molecule has 5 heteroatoms. The Bertz CT molecular complexity index is 164. The molecule has 0 aromatic carbocycles. The van der Waals surface area contributed by atoms with Crippen molar-refractivity contribution >= 4 is 11.9 Å². The van der Waals surface area contributed by atoms with Crippen LogP contribution in [0.25, 0.3) is 0 Å². The maximum absolute atomic E-state index is 10.6. The third-order valence-corrected chi connectivity index (χ3v) is 1.12. The summed E-state index contributed by atoms with van der Waals surface area (Å²) in [6.07, 6.45) is 0. The average Bonchev–Trinajstić information content (AvgIpc) is 1.86. The number of amides is 1. The highest BCUT2D eigenvalue weighted by atomic mass is 16.5. The molecule has 4 N–H and O–H groups in total. The van der Waals surface area contributed by atoms with Crippen LogP contribution in [0, 0.1) is 0 Å². The lowest BCUT2D eigenvalue weighted by molar-refractivity contribution is -0.150. The van der Waals surface area contributed by atoms with E-state index in [0.717, 1.165) is 7.11 Å². The molecule has 0 saturated heterocycles. The summed E-state index contributed by atoms with van der Waals surface area (Å²) in [7, 11) is 1.14. The van der Waals surface area contributed by atoms with E-state index >= 15 is 0 Å². The van der Waals surface area contributed by atoms with Gasteiger partial charge in [0.2, 0.25) is 5.91 Å². The molecule has 0 spiro atoms. The molecule has 0 bridgehead atoms. The zero-order valence-corrected chi connectivity index (χ0v) is 5.88. The quantitative estimate of drug-likeness (QED) is 0.361. The number of hydrogen-bond donors (Lipinski definition) is 2. The number of ether oxygens (including phenoxy) is 1. The number of carbonyl (C=O) groups is 2. The second-order valence-corrected chi connectivity index (χ2v) is 2.06. The Morgan fingerprint density at radius 1 is 1.50 bits per heavy atom. The van der Waals surface area contributed by atoms with Gasteiger partial charge in [0.05, 0.1) is 7.11 Å². The fourth-order valence-electron chi connectivity index (χ4n) is 0.313. The standard InChI is InChI=1S/C5H10N2O3/c1-5(7,3(6)8)4(9)10-2/h7H2,1-2H3,(H2,6,8). The van der Waals surface area contributed by atoms with Crippen LogP contribution in [0.4, 0.5) is 0 Å². The Labute approximate surface area is 58.3 Å². The van der Waals surface area contributed by atoms with Crippen molar-refractivity contribution in [3.63, 3.8) is 0 Å². The molecule has 0 heterocycles. The Morgan fingerprint density at radius 3 is 2.00 bits per heavy atom. The minimum absolute atomic E-state index is 0.833. The zero-order valence-electron chi connectivity index (χ0n) is 5.88. The highest BCUT2D eigenvalue weighted by molar-refractivity contribution is 6.05. The normalized spacial score (nSPS) is 15.5. The molecule has 0 rings (SSSR count). The number of nitrogens with two attached hydrogens (primary N) is 2. The van der Waals surface area contributed by atoms with Gasteiger partial charge in [0, 0.05) is 0 Å². The van der Waals surface area contributed by atoms with Crippen molar-refractivity contribution in [2.24, 2.45) is 11.5 Å². The summed E-state index contributed by atoms with van der Waals surface area (Å²) in [5.41, 5.74) is 8.23. The number of esters is 1. The van der Waals surface area contributed by atoms with Crippen molar-refractivity contribution in [3.8, 4) is 0 Å². The van der Waals surface area contributed by atoms with E-state index in [-0.39, 0.29) is 0 Å². The molecule has 0 aliphatic heterocycles. The molecule has 0 saturated carbocycles. The summed E-state index contributed by atoms with van der Waals surface area (Å²) in [6.45, 7) is 1.20. The molecule has 0 radical (unpaired) electrons. The monoisotopic (exact) mass is 146 g/mol. The van der Waals surface area contributed by atoms with E-state index in [4.69, 9.17) is 11.5 Å². The smallest absolute Gasteiger partial charge is 0.335 e. The molecular weight excluding hydrogens is 136 g/mol. The van der Waals surface area contributed by atoms with E-state index in [1.54, 1.807) is 0 Å². The Morgan fingerprint density at radius 2 is 1.90 bits per heavy atom. The first-order valence-electron chi connectivity index (χ1n) is 2.60. The molecule has 0 fully saturated rings. The second kappa shape index (κ2) is 2.66. The van der Waals surface area contributed by atoms with E-state index < -0.39 is 17.4 Å². The van der Waals surface area contributed by atoms with Crippen LogP contribution >= 0.6 is 0 Å². The average molecular weight is 146 g/mol. The van der Waals surface area contributed by atoms with Gasteiger partial charge in [0.1, 0.15) is 0 Å². The third kappa shape index (κ3) is 1.44. The van der Waals surface area contributed by atoms with Gasteiger partial charge in [-0.2, -0.15) is 0 Å². The minimum atomic E-state index is -1.71. The lowest BCUT2D eigenvalue weighted by atomic mass is 10.0. The van der Waals surface area contributed by atoms with Gasteiger partial charge in [-0.25, -0.2) is 4.79 Å². The summed E-state index contributed by atoms with van der Waals surface area (Å²) in [6, 6.07) is 0. The summed E-state index contributed by atoms with van der Waals surface area (Å²) in [5.74, 6) is -1.74. The summed E-state index contributed by atoms with van der Waals surface area (Å²) in [4.78, 5) is 21.0. The molecule has 1 atom stereocenters. The van der Waals surface area contributed by atoms with Crippen LogP contribution in [-0.4, -0.2) is 24.5 Å². The van der Waals surface area contributed by atoms with Crippen molar-refractivity contribution in [3.05, 3.63) is 0 Å². The SMILES string of the molecule is COC(=O)C(C)(N)C(N)=O. The maximum Gasteiger partial charge on any atom is 0.335 e. The van der Waals surface area contributed by atoms with Gasteiger partial charge in [-0.3, -0.25) is 4.79 Å². The van der Waals surface area contributed by atoms with Crippen LogP contribution in [0.15, 0.2) is 0 Å². The van der Waals surface area contributed by atoms with Gasteiger partial charge in [-0.05, 0) is 6.92 Å². The fraction of sp³-hybridized carbons (Fsp3) is 0.600. The van der Waals surface area contributed by atoms with Crippen LogP contribution < -0.4 is 11.5 Å². The maximum atomic E-state index is 10.6. The molecule has 0 aliphatic rings. The van der Waals surface area contributed by atoms with Gasteiger partial charge >= 0.3 is 5.97 Å². The summed E-state index contributed by atoms with van der Waals surface area (Å²) in [5, 5.41) is 0. The molecule has 0 aromatic heterocycles. The van der Waals surface area contributed by atoms with Crippen molar-refractivity contribution < 1.29 is 14.3 Å². The first kappa shape index (κ1) is 8.90. The van der Waals surface area contributed by atoms with Crippen LogP contribution in [0.2, 0.25) is 0 Å². The van der Waals surface area contributed by atoms with Crippen LogP contribution in [0.5, 0.6) is 0 Å². The lowest BCUT2D eigenvalue weighted by Gasteiger charge is -2.15. The molecule has 5 nitrogen and oxygen atoms in total. The number of rotatable bonds is 2. The van der Waals surface area contributed by atoms with E-state index in [1.165, 1.54) is 6.92 Å². The van der Waals surface area contributed by atoms with Crippen LogP contribution in [-0.2, 0) is 14.3 Å². The molecule has 1 unspecified atom stereocenters. The van der Waals surface area contributed by atoms with Gasteiger partial charge in [-0.1, -0.05) is 0 Å². The number of primary amides is 1. The Balaban J connectivity index is 4.40. The number of hydrogen-bond acceptors (Lipinski definition) is 4. The zero-order chi connectivity index (χ0) is 8.36. The fourth-order valence-corrected chi connectivity index (χ4v) is 0.313. The van der Waals surface area contributed by atoms with Crippen LogP contribution in [0.3, 0.4) is 0 Å². The third-order valence-electron chi connectivity index (χ3n) is 1.12. The minimum Gasteiger partial charge on any atom is -0.467 e. The predicted octanol–water partition coefficient (Wildman–Crippen LogP) is -1.64. The van der Waals surface area contributed by atoms with Crippen molar-refractivity contribution in [1.29, 1.82) is 0 Å². The first-order chi connectivity index (χ1) is 4.42. The van der Waals surface area contributed by atoms with Gasteiger partial charge in [0.15, 0.2) is 5.54 Å². The van der Waals surface area contributed by atoms with E-state index in [9.17, 15) is 9.59 Å². The number of methoxy groups -OCH3 is 1. The van der Waals surface area contributed by atoms with E-state index in [0.29, 0.717) is 0 Å². The molecular formula is C5H10N2O3. The molecule has 0 aliphatic carbocycles. The van der Waals surface area contributed by atoms with Crippen LogP contribution in [0.1, 0.15) is 6.92 Å². The van der Waals surface area contributed by atoms with E-state index in [1.807, 2.05) is 0 Å². The van der Waals surface area contributed by atoms with E-state index in [2.05, 4.69) is 4.74 Å². The molecule has 1 amide bonds. The predicted molar refractivity (Wildman–Crippen MR) is 33.8 cm³/mol. The first-order valence-corrected chi connectivity index (χ1v) is 2.60. The summed E-state index contributed by atoms with van der Waals surface area (Å²) < 4.78 is 4.21. The lowest BCUT2D eigenvalue weighted by Crippen LogP contribution is -2.56. The van der Waals surface area contributed by atoms with Crippen molar-refractivity contribution in [2.45, 2.75) is 12.5 Å². The largest absolute Gasteiger partial charge is 0.467 e. The topological polar surface area (TPSA) is 95.4 Å². The Kier molecular flexibility index (Phi) is 2.36. The number of carbonyl (C=O) groups excluding carboxylic acids is 2. The Hall–Kier alpha value is -1.10. The van der Waals surface area contributed by atoms with Gasteiger partial charge < -0.3 is 16.2 Å².